The molecule has 1 heterocycles. The Labute approximate surface area is 160 Å². The number of hydrogen-bond acceptors (Lipinski definition) is 4. The van der Waals surface area contributed by atoms with Gasteiger partial charge in [-0.1, -0.05) is 11.6 Å². The average molecular weight is 390 g/mol. The molecule has 0 bridgehead atoms. The summed E-state index contributed by atoms with van der Waals surface area (Å²) in [7, 11) is 0. The molecule has 0 unspecified atom stereocenters. The van der Waals surface area contributed by atoms with Crippen molar-refractivity contribution in [3.63, 3.8) is 0 Å². The number of anilines is 1. The summed E-state index contributed by atoms with van der Waals surface area (Å²) >= 11 is 5.83. The molecule has 2 aromatic carbocycles. The fourth-order valence-corrected chi connectivity index (χ4v) is 2.94. The molecule has 0 radical (unpaired) electrons. The van der Waals surface area contributed by atoms with E-state index in [2.05, 4.69) is 5.32 Å². The maximum absolute atomic E-state index is 13.0. The monoisotopic (exact) mass is 389 g/mol. The van der Waals surface area contributed by atoms with Crippen molar-refractivity contribution in [2.24, 2.45) is 0 Å². The zero-order valence-electron chi connectivity index (χ0n) is 14.7. The van der Waals surface area contributed by atoms with Crippen molar-refractivity contribution in [1.29, 1.82) is 0 Å². The van der Waals surface area contributed by atoms with Crippen molar-refractivity contribution in [2.75, 3.05) is 12.0 Å². The van der Waals surface area contributed by atoms with Crippen molar-refractivity contribution in [3.8, 4) is 0 Å². The van der Waals surface area contributed by atoms with Crippen LogP contribution in [-0.4, -0.2) is 39.9 Å². The van der Waals surface area contributed by atoms with E-state index in [1.165, 1.54) is 62.4 Å². The van der Waals surface area contributed by atoms with Crippen molar-refractivity contribution < 1.29 is 18.8 Å². The molecular weight excluding hydrogens is 373 g/mol. The van der Waals surface area contributed by atoms with Crippen LogP contribution in [0.3, 0.4) is 0 Å². The standard InChI is InChI=1S/C19H17ClFN3O3/c1-19(2)17(26)23(11-22-15-9-7-14(21)8-10-15)18(27)24(19)16(25)12-3-5-13(20)6-4-12/h3-10,22H,11H2,1-2H3. The maximum atomic E-state index is 13.0. The van der Waals surface area contributed by atoms with E-state index in [1.54, 1.807) is 0 Å². The highest BCUT2D eigenvalue weighted by atomic mass is 35.5. The van der Waals surface area contributed by atoms with E-state index in [0.717, 1.165) is 9.80 Å². The molecule has 1 aliphatic heterocycles. The van der Waals surface area contributed by atoms with Crippen molar-refractivity contribution >= 4 is 35.1 Å². The molecule has 0 saturated carbocycles. The van der Waals surface area contributed by atoms with Crippen LogP contribution >= 0.6 is 11.6 Å². The highest BCUT2D eigenvalue weighted by Gasteiger charge is 2.54. The number of amides is 4. The van der Waals surface area contributed by atoms with Gasteiger partial charge in [0.2, 0.25) is 0 Å². The fraction of sp³-hybridized carbons (Fsp3) is 0.211. The van der Waals surface area contributed by atoms with Gasteiger partial charge in [-0.2, -0.15) is 0 Å². The Bertz CT molecular complexity index is 897. The maximum Gasteiger partial charge on any atom is 0.336 e. The zero-order valence-corrected chi connectivity index (χ0v) is 15.5. The number of rotatable bonds is 4. The number of nitrogens with one attached hydrogen (secondary N) is 1. The number of imide groups is 2. The van der Waals surface area contributed by atoms with Crippen LogP contribution in [0.5, 0.6) is 0 Å². The summed E-state index contributed by atoms with van der Waals surface area (Å²) in [5, 5.41) is 3.34. The summed E-state index contributed by atoms with van der Waals surface area (Å²) in [5.41, 5.74) is -0.544. The predicted molar refractivity (Wildman–Crippen MR) is 98.8 cm³/mol. The number of nitrogens with zero attached hydrogens (tertiary/aromatic N) is 2. The summed E-state index contributed by atoms with van der Waals surface area (Å²) in [6.45, 7) is 2.88. The minimum atomic E-state index is -1.34. The predicted octanol–water partition coefficient (Wildman–Crippen LogP) is 3.73. The first-order chi connectivity index (χ1) is 12.7. The van der Waals surface area contributed by atoms with Crippen LogP contribution < -0.4 is 5.32 Å². The summed E-state index contributed by atoms with van der Waals surface area (Å²) < 4.78 is 13.0. The van der Waals surface area contributed by atoms with E-state index in [4.69, 9.17) is 11.6 Å². The van der Waals surface area contributed by atoms with Gasteiger partial charge in [-0.3, -0.25) is 9.59 Å². The number of halogens is 2. The zero-order chi connectivity index (χ0) is 19.8. The van der Waals surface area contributed by atoms with Gasteiger partial charge in [-0.15, -0.1) is 0 Å². The third-order valence-electron chi connectivity index (χ3n) is 4.33. The highest BCUT2D eigenvalue weighted by Crippen LogP contribution is 2.29. The molecule has 4 amide bonds. The molecule has 6 nitrogen and oxygen atoms in total. The number of benzene rings is 2. The van der Waals surface area contributed by atoms with E-state index >= 15 is 0 Å². The van der Waals surface area contributed by atoms with Crippen molar-refractivity contribution in [3.05, 3.63) is 64.9 Å². The Morgan fingerprint density at radius 1 is 1.07 bits per heavy atom. The van der Waals surface area contributed by atoms with Crippen LogP contribution in [0, 0.1) is 5.82 Å². The molecule has 1 saturated heterocycles. The van der Waals surface area contributed by atoms with E-state index < -0.39 is 29.2 Å². The van der Waals surface area contributed by atoms with Gasteiger partial charge in [0.15, 0.2) is 0 Å². The topological polar surface area (TPSA) is 69.7 Å². The van der Waals surface area contributed by atoms with Gasteiger partial charge >= 0.3 is 6.03 Å². The van der Waals surface area contributed by atoms with Gasteiger partial charge in [-0.25, -0.2) is 19.0 Å². The van der Waals surface area contributed by atoms with Crippen LogP contribution in [0.2, 0.25) is 5.02 Å². The lowest BCUT2D eigenvalue weighted by Gasteiger charge is -2.25. The lowest BCUT2D eigenvalue weighted by Crippen LogP contribution is -2.47. The highest BCUT2D eigenvalue weighted by molar-refractivity contribution is 6.30. The molecule has 2 aromatic rings. The lowest BCUT2D eigenvalue weighted by atomic mass is 10.0. The molecule has 1 fully saturated rings. The summed E-state index contributed by atoms with van der Waals surface area (Å²) in [5.74, 6) is -1.49. The van der Waals surface area contributed by atoms with E-state index in [1.807, 2.05) is 0 Å². The van der Waals surface area contributed by atoms with E-state index in [0.29, 0.717) is 10.7 Å². The molecule has 8 heteroatoms. The lowest BCUT2D eigenvalue weighted by molar-refractivity contribution is -0.131. The number of hydrogen-bond donors (Lipinski definition) is 1. The largest absolute Gasteiger partial charge is 0.367 e. The van der Waals surface area contributed by atoms with Crippen LogP contribution in [0.4, 0.5) is 14.9 Å². The molecular formula is C19H17ClFN3O3. The summed E-state index contributed by atoms with van der Waals surface area (Å²) in [4.78, 5) is 40.2. The normalized spacial score (nSPS) is 16.0. The molecule has 1 aliphatic rings. The first-order valence-corrected chi connectivity index (χ1v) is 8.55. The Balaban J connectivity index is 1.81. The minimum Gasteiger partial charge on any atom is -0.367 e. The van der Waals surface area contributed by atoms with Crippen LogP contribution in [0.15, 0.2) is 48.5 Å². The molecule has 0 aromatic heterocycles. The second-order valence-electron chi connectivity index (χ2n) is 6.56. The SMILES string of the molecule is CC1(C)C(=O)N(CNc2ccc(F)cc2)C(=O)N1C(=O)c1ccc(Cl)cc1. The second-order valence-corrected chi connectivity index (χ2v) is 7.00. The Hall–Kier alpha value is -2.93. The number of carbonyl (C=O) groups is 3. The Morgan fingerprint density at radius 3 is 2.26 bits per heavy atom. The molecule has 0 spiro atoms. The minimum absolute atomic E-state index is 0.142. The smallest absolute Gasteiger partial charge is 0.336 e. The molecule has 0 atom stereocenters. The fourth-order valence-electron chi connectivity index (χ4n) is 2.81. The third-order valence-corrected chi connectivity index (χ3v) is 4.58. The molecule has 140 valence electrons. The quantitative estimate of drug-likeness (QED) is 0.809. The van der Waals surface area contributed by atoms with Gasteiger partial charge in [0.25, 0.3) is 11.8 Å². The van der Waals surface area contributed by atoms with Crippen molar-refractivity contribution in [1.82, 2.24) is 9.80 Å². The summed E-state index contributed by atoms with van der Waals surface area (Å²) in [6.07, 6.45) is 0. The van der Waals surface area contributed by atoms with Crippen LogP contribution in [-0.2, 0) is 4.79 Å². The van der Waals surface area contributed by atoms with Crippen LogP contribution in [0.25, 0.3) is 0 Å². The van der Waals surface area contributed by atoms with Gasteiger partial charge in [0.05, 0.1) is 6.67 Å². The third kappa shape index (κ3) is 3.50. The Kier molecular flexibility index (Phi) is 4.89. The first kappa shape index (κ1) is 18.8. The van der Waals surface area contributed by atoms with Gasteiger partial charge < -0.3 is 5.32 Å². The molecule has 0 aliphatic carbocycles. The number of urea groups is 1. The molecule has 3 rings (SSSR count). The van der Waals surface area contributed by atoms with Gasteiger partial charge in [-0.05, 0) is 62.4 Å². The first-order valence-electron chi connectivity index (χ1n) is 8.17. The van der Waals surface area contributed by atoms with Crippen LogP contribution in [0.1, 0.15) is 24.2 Å². The Morgan fingerprint density at radius 2 is 1.67 bits per heavy atom. The van der Waals surface area contributed by atoms with Gasteiger partial charge in [0.1, 0.15) is 11.4 Å². The van der Waals surface area contributed by atoms with E-state index in [9.17, 15) is 18.8 Å². The average Bonchev–Trinajstić information content (AvgIpc) is 2.80. The van der Waals surface area contributed by atoms with E-state index in [-0.39, 0.29) is 12.2 Å². The number of carbonyl (C=O) groups excluding carboxylic acids is 3. The molecule has 1 N–H and O–H groups in total. The van der Waals surface area contributed by atoms with Gasteiger partial charge in [0, 0.05) is 16.3 Å². The molecule has 27 heavy (non-hydrogen) atoms. The second kappa shape index (κ2) is 7.00. The summed E-state index contributed by atoms with van der Waals surface area (Å²) in [6, 6.07) is 10.8. The van der Waals surface area contributed by atoms with Crippen molar-refractivity contribution in [2.45, 2.75) is 19.4 Å².